The van der Waals surface area contributed by atoms with Crippen molar-refractivity contribution < 1.29 is 13.0 Å². The molecule has 0 saturated heterocycles. The minimum Gasteiger partial charge on any atom is -0.384 e. The number of aromatic nitrogens is 1. The molecule has 0 saturated carbocycles. The van der Waals surface area contributed by atoms with Crippen LogP contribution in [0.5, 0.6) is 0 Å². The second-order valence-electron chi connectivity index (χ2n) is 2.38. The van der Waals surface area contributed by atoms with E-state index in [1.54, 1.807) is 0 Å². The predicted octanol–water partition coefficient (Wildman–Crippen LogP) is 0.760. The van der Waals surface area contributed by atoms with Gasteiger partial charge in [-0.2, -0.15) is 8.42 Å². The van der Waals surface area contributed by atoms with Gasteiger partial charge in [0.05, 0.1) is 11.9 Å². The summed E-state index contributed by atoms with van der Waals surface area (Å²) in [4.78, 5) is 3.42. The van der Waals surface area contributed by atoms with E-state index in [0.29, 0.717) is 12.2 Å². The Morgan fingerprint density at radius 3 is 2.85 bits per heavy atom. The molecule has 0 aromatic carbocycles. The third-order valence-electron chi connectivity index (χ3n) is 1.43. The van der Waals surface area contributed by atoms with Crippen LogP contribution in [0.1, 0.15) is 6.92 Å². The van der Waals surface area contributed by atoms with Crippen molar-refractivity contribution in [1.29, 1.82) is 0 Å². The van der Waals surface area contributed by atoms with Gasteiger partial charge in [0.25, 0.3) is 10.1 Å². The van der Waals surface area contributed by atoms with Gasteiger partial charge in [-0.25, -0.2) is 0 Å². The summed E-state index contributed by atoms with van der Waals surface area (Å²) >= 11 is 0. The van der Waals surface area contributed by atoms with Crippen LogP contribution in [0, 0.1) is 0 Å². The van der Waals surface area contributed by atoms with Gasteiger partial charge in [-0.1, -0.05) is 0 Å². The summed E-state index contributed by atoms with van der Waals surface area (Å²) in [5.74, 6) is 0. The first-order chi connectivity index (χ1) is 6.05. The average Bonchev–Trinajstić information content (AvgIpc) is 2.04. The molecule has 1 aromatic rings. The largest absolute Gasteiger partial charge is 0.384 e. The third kappa shape index (κ3) is 2.40. The topological polar surface area (TPSA) is 79.3 Å². The molecule has 1 rings (SSSR count). The minimum absolute atomic E-state index is 0.197. The van der Waals surface area contributed by atoms with Gasteiger partial charge in [-0.3, -0.25) is 9.54 Å². The molecular weight excluding hydrogens is 192 g/mol. The summed E-state index contributed by atoms with van der Waals surface area (Å²) < 4.78 is 30.4. The quantitative estimate of drug-likeness (QED) is 0.707. The van der Waals surface area contributed by atoms with Gasteiger partial charge in [0.2, 0.25) is 0 Å². The summed E-state index contributed by atoms with van der Waals surface area (Å²) in [6.07, 6.45) is 2.56. The van der Waals surface area contributed by atoms with Crippen LogP contribution in [0.15, 0.2) is 23.4 Å². The molecule has 1 aromatic heterocycles. The monoisotopic (exact) mass is 202 g/mol. The number of nitrogens with one attached hydrogen (secondary N) is 1. The van der Waals surface area contributed by atoms with E-state index in [2.05, 4.69) is 10.3 Å². The minimum atomic E-state index is -4.18. The van der Waals surface area contributed by atoms with Gasteiger partial charge in [-0.15, -0.1) is 0 Å². The molecule has 0 aliphatic carbocycles. The van der Waals surface area contributed by atoms with Crippen molar-refractivity contribution in [2.24, 2.45) is 0 Å². The average molecular weight is 202 g/mol. The summed E-state index contributed by atoms with van der Waals surface area (Å²) in [6.45, 7) is 2.40. The number of anilines is 1. The molecule has 0 aliphatic heterocycles. The zero-order valence-electron chi connectivity index (χ0n) is 7.06. The normalized spacial score (nSPS) is 11.2. The van der Waals surface area contributed by atoms with Gasteiger partial charge in [-0.05, 0) is 13.0 Å². The Bertz CT molecular complexity index is 388. The van der Waals surface area contributed by atoms with Crippen molar-refractivity contribution >= 4 is 15.8 Å². The van der Waals surface area contributed by atoms with Crippen LogP contribution < -0.4 is 5.32 Å². The number of pyridine rings is 1. The summed E-state index contributed by atoms with van der Waals surface area (Å²) in [7, 11) is -4.18. The van der Waals surface area contributed by atoms with E-state index in [9.17, 15) is 8.42 Å². The van der Waals surface area contributed by atoms with E-state index in [-0.39, 0.29) is 4.90 Å². The van der Waals surface area contributed by atoms with E-state index < -0.39 is 10.1 Å². The van der Waals surface area contributed by atoms with Crippen molar-refractivity contribution in [3.8, 4) is 0 Å². The Kier molecular flexibility index (Phi) is 2.84. The van der Waals surface area contributed by atoms with Crippen LogP contribution in [-0.4, -0.2) is 24.5 Å². The lowest BCUT2D eigenvalue weighted by molar-refractivity contribution is 0.483. The van der Waals surface area contributed by atoms with Crippen LogP contribution in [0.2, 0.25) is 0 Å². The Morgan fingerprint density at radius 2 is 2.31 bits per heavy atom. The van der Waals surface area contributed by atoms with Crippen molar-refractivity contribution in [3.63, 3.8) is 0 Å². The molecule has 0 radical (unpaired) electrons. The van der Waals surface area contributed by atoms with E-state index in [1.807, 2.05) is 6.92 Å². The lowest BCUT2D eigenvalue weighted by Crippen LogP contribution is -2.06. The summed E-state index contributed by atoms with van der Waals surface area (Å²) in [6, 6.07) is 1.49. The molecule has 5 nitrogen and oxygen atoms in total. The highest BCUT2D eigenvalue weighted by atomic mass is 32.2. The van der Waals surface area contributed by atoms with Crippen LogP contribution in [0.25, 0.3) is 0 Å². The predicted molar refractivity (Wildman–Crippen MR) is 48.2 cm³/mol. The summed E-state index contributed by atoms with van der Waals surface area (Å²) in [5.41, 5.74) is 0.361. The van der Waals surface area contributed by atoms with E-state index >= 15 is 0 Å². The first kappa shape index (κ1) is 9.94. The number of hydrogen-bond acceptors (Lipinski definition) is 4. The van der Waals surface area contributed by atoms with Crippen molar-refractivity contribution in [2.45, 2.75) is 11.8 Å². The van der Waals surface area contributed by atoms with Crippen LogP contribution in [0.4, 0.5) is 5.69 Å². The summed E-state index contributed by atoms with van der Waals surface area (Å²) in [5, 5.41) is 2.80. The molecule has 6 heteroatoms. The van der Waals surface area contributed by atoms with E-state index in [4.69, 9.17) is 4.55 Å². The van der Waals surface area contributed by atoms with Crippen molar-refractivity contribution in [1.82, 2.24) is 4.98 Å². The lowest BCUT2D eigenvalue weighted by atomic mass is 10.4. The Morgan fingerprint density at radius 1 is 1.62 bits per heavy atom. The maximum atomic E-state index is 10.8. The Hall–Kier alpha value is -1.14. The smallest absolute Gasteiger partial charge is 0.298 e. The molecule has 72 valence electrons. The maximum absolute atomic E-state index is 10.8. The van der Waals surface area contributed by atoms with Gasteiger partial charge >= 0.3 is 0 Å². The van der Waals surface area contributed by atoms with Crippen molar-refractivity contribution in [3.05, 3.63) is 18.5 Å². The maximum Gasteiger partial charge on any atom is 0.298 e. The zero-order valence-corrected chi connectivity index (χ0v) is 7.87. The Labute approximate surface area is 76.6 Å². The molecule has 0 bridgehead atoms. The second-order valence-corrected chi connectivity index (χ2v) is 3.77. The number of nitrogens with zero attached hydrogens (tertiary/aromatic N) is 1. The second kappa shape index (κ2) is 3.71. The van der Waals surface area contributed by atoms with Gasteiger partial charge in [0, 0.05) is 12.7 Å². The fourth-order valence-electron chi connectivity index (χ4n) is 0.922. The molecule has 1 heterocycles. The molecule has 13 heavy (non-hydrogen) atoms. The fraction of sp³-hybridized carbons (Fsp3) is 0.286. The van der Waals surface area contributed by atoms with Gasteiger partial charge in [0.15, 0.2) is 0 Å². The number of hydrogen-bond donors (Lipinski definition) is 2. The van der Waals surface area contributed by atoms with Crippen LogP contribution >= 0.6 is 0 Å². The van der Waals surface area contributed by atoms with Gasteiger partial charge in [0.1, 0.15) is 4.90 Å². The SMILES string of the molecule is CCNc1ccncc1S(=O)(=O)O. The first-order valence-electron chi connectivity index (χ1n) is 3.71. The standard InChI is InChI=1S/C7H10N2O3S/c1-2-9-6-3-4-8-5-7(6)13(10,11)12/h3-5H,2H2,1H3,(H,8,9)(H,10,11,12). The van der Waals surface area contributed by atoms with Crippen molar-refractivity contribution in [2.75, 3.05) is 11.9 Å². The Balaban J connectivity index is 3.20. The van der Waals surface area contributed by atoms with E-state index in [1.165, 1.54) is 12.3 Å². The lowest BCUT2D eigenvalue weighted by Gasteiger charge is -2.06. The van der Waals surface area contributed by atoms with E-state index in [0.717, 1.165) is 6.20 Å². The highest BCUT2D eigenvalue weighted by Gasteiger charge is 2.14. The molecular formula is C7H10N2O3S. The van der Waals surface area contributed by atoms with Gasteiger partial charge < -0.3 is 5.32 Å². The van der Waals surface area contributed by atoms with Crippen LogP contribution in [0.3, 0.4) is 0 Å². The molecule has 0 unspecified atom stereocenters. The highest BCUT2D eigenvalue weighted by molar-refractivity contribution is 7.86. The molecule has 0 aliphatic rings. The highest BCUT2D eigenvalue weighted by Crippen LogP contribution is 2.18. The molecule has 0 fully saturated rings. The fourth-order valence-corrected chi connectivity index (χ4v) is 1.53. The number of rotatable bonds is 3. The third-order valence-corrected chi connectivity index (χ3v) is 2.31. The zero-order chi connectivity index (χ0) is 9.90. The molecule has 2 N–H and O–H groups in total. The van der Waals surface area contributed by atoms with Crippen LogP contribution in [-0.2, 0) is 10.1 Å². The molecule has 0 amide bonds. The first-order valence-corrected chi connectivity index (χ1v) is 5.15. The molecule has 0 atom stereocenters. The molecule has 0 spiro atoms.